The summed E-state index contributed by atoms with van der Waals surface area (Å²) in [4.78, 5) is 0. The van der Waals surface area contributed by atoms with Crippen LogP contribution in [-0.2, 0) is 0 Å². The highest BCUT2D eigenvalue weighted by Crippen LogP contribution is 2.72. The minimum atomic E-state index is 0.410. The summed E-state index contributed by atoms with van der Waals surface area (Å²) in [5.74, 6) is 0.696. The van der Waals surface area contributed by atoms with Crippen molar-refractivity contribution in [3.63, 3.8) is 0 Å². The van der Waals surface area contributed by atoms with Crippen LogP contribution in [0.4, 0.5) is 0 Å². The normalized spacial score (nSPS) is 23.4. The quantitative estimate of drug-likeness (QED) is 0.872. The first-order chi connectivity index (χ1) is 7.82. The number of halogens is 1. The maximum absolute atomic E-state index is 3.50. The molecule has 1 atom stereocenters. The molecule has 1 N–H and O–H groups in total. The molecule has 1 aliphatic carbocycles. The van der Waals surface area contributed by atoms with Crippen LogP contribution in [0.15, 0.2) is 28.7 Å². The van der Waals surface area contributed by atoms with Gasteiger partial charge in [0.25, 0.3) is 0 Å². The first-order valence-corrected chi connectivity index (χ1v) is 7.04. The Labute approximate surface area is 113 Å². The van der Waals surface area contributed by atoms with Crippen LogP contribution in [0.25, 0.3) is 0 Å². The molecule has 1 nitrogen and oxygen atoms in total. The van der Waals surface area contributed by atoms with Crippen LogP contribution in [0.2, 0.25) is 0 Å². The van der Waals surface area contributed by atoms with Gasteiger partial charge in [0.05, 0.1) is 0 Å². The summed E-state index contributed by atoms with van der Waals surface area (Å²) in [6.45, 7) is 9.50. The fourth-order valence-corrected chi connectivity index (χ4v) is 3.54. The Hall–Kier alpha value is -0.340. The second kappa shape index (κ2) is 4.10. The minimum absolute atomic E-state index is 0.410. The standard InChI is InChI=1S/C15H22BrN/c1-14(2)13(15(14,3)4)12(17-5)10-6-8-11(16)9-7-10/h6-9,12-13,17H,1-5H3. The molecular formula is C15H22BrN. The van der Waals surface area contributed by atoms with Gasteiger partial charge < -0.3 is 5.32 Å². The maximum Gasteiger partial charge on any atom is 0.0356 e. The Bertz CT molecular complexity index is 391. The van der Waals surface area contributed by atoms with Crippen molar-refractivity contribution in [3.05, 3.63) is 34.3 Å². The molecular weight excluding hydrogens is 274 g/mol. The second-order valence-corrected chi connectivity index (χ2v) is 7.15. The highest BCUT2D eigenvalue weighted by molar-refractivity contribution is 9.10. The van der Waals surface area contributed by atoms with Gasteiger partial charge in [-0.05, 0) is 41.5 Å². The molecule has 1 aromatic carbocycles. The van der Waals surface area contributed by atoms with E-state index in [9.17, 15) is 0 Å². The summed E-state index contributed by atoms with van der Waals surface area (Å²) in [5.41, 5.74) is 2.21. The molecule has 0 bridgehead atoms. The van der Waals surface area contributed by atoms with Crippen LogP contribution in [0, 0.1) is 16.7 Å². The molecule has 0 amide bonds. The first kappa shape index (κ1) is 13.1. The van der Waals surface area contributed by atoms with E-state index >= 15 is 0 Å². The van der Waals surface area contributed by atoms with Gasteiger partial charge in [-0.25, -0.2) is 0 Å². The van der Waals surface area contributed by atoms with Gasteiger partial charge in [-0.3, -0.25) is 0 Å². The van der Waals surface area contributed by atoms with Crippen LogP contribution in [0.5, 0.6) is 0 Å². The Morgan fingerprint density at radius 2 is 1.53 bits per heavy atom. The number of rotatable bonds is 3. The SMILES string of the molecule is CNC(c1ccc(Br)cc1)C1C(C)(C)C1(C)C. The highest BCUT2D eigenvalue weighted by Gasteiger charge is 2.67. The Kier molecular flexibility index (Phi) is 3.16. The number of nitrogens with one attached hydrogen (secondary N) is 1. The molecule has 1 saturated carbocycles. The third-order valence-corrected chi connectivity index (χ3v) is 5.53. The minimum Gasteiger partial charge on any atom is -0.313 e. The molecule has 0 saturated heterocycles. The van der Waals surface area contributed by atoms with Crippen molar-refractivity contribution in [1.82, 2.24) is 5.32 Å². The van der Waals surface area contributed by atoms with Gasteiger partial charge in [-0.1, -0.05) is 55.8 Å². The van der Waals surface area contributed by atoms with E-state index in [-0.39, 0.29) is 0 Å². The summed E-state index contributed by atoms with van der Waals surface area (Å²) in [6, 6.07) is 9.14. The van der Waals surface area contributed by atoms with E-state index in [4.69, 9.17) is 0 Å². The van der Waals surface area contributed by atoms with Crippen molar-refractivity contribution >= 4 is 15.9 Å². The van der Waals surface area contributed by atoms with Gasteiger partial charge in [0.1, 0.15) is 0 Å². The third-order valence-electron chi connectivity index (χ3n) is 5.01. The monoisotopic (exact) mass is 295 g/mol. The molecule has 0 aromatic heterocycles. The molecule has 2 heteroatoms. The van der Waals surface area contributed by atoms with E-state index in [2.05, 4.69) is 80.3 Å². The van der Waals surface area contributed by atoms with Crippen molar-refractivity contribution in [2.24, 2.45) is 16.7 Å². The van der Waals surface area contributed by atoms with Crippen LogP contribution < -0.4 is 5.32 Å². The topological polar surface area (TPSA) is 12.0 Å². The van der Waals surface area contributed by atoms with E-state index in [1.165, 1.54) is 5.56 Å². The fraction of sp³-hybridized carbons (Fsp3) is 0.600. The van der Waals surface area contributed by atoms with Gasteiger partial charge >= 0.3 is 0 Å². The summed E-state index contributed by atoms with van der Waals surface area (Å²) in [7, 11) is 2.07. The average molecular weight is 296 g/mol. The third kappa shape index (κ3) is 1.96. The predicted octanol–water partition coefficient (Wildman–Crippen LogP) is 4.39. The van der Waals surface area contributed by atoms with Crippen molar-refractivity contribution in [1.29, 1.82) is 0 Å². The van der Waals surface area contributed by atoms with Crippen LogP contribution in [-0.4, -0.2) is 7.05 Å². The lowest BCUT2D eigenvalue weighted by Crippen LogP contribution is -2.21. The van der Waals surface area contributed by atoms with Crippen LogP contribution >= 0.6 is 15.9 Å². The highest BCUT2D eigenvalue weighted by atomic mass is 79.9. The lowest BCUT2D eigenvalue weighted by Gasteiger charge is -2.19. The van der Waals surface area contributed by atoms with Gasteiger partial charge in [-0.2, -0.15) is 0 Å². The summed E-state index contributed by atoms with van der Waals surface area (Å²) in [5, 5.41) is 3.50. The Morgan fingerprint density at radius 1 is 1.06 bits per heavy atom. The molecule has 1 aliphatic rings. The molecule has 1 unspecified atom stereocenters. The number of benzene rings is 1. The number of hydrogen-bond acceptors (Lipinski definition) is 1. The smallest absolute Gasteiger partial charge is 0.0356 e. The van der Waals surface area contributed by atoms with E-state index in [1.807, 2.05) is 0 Å². The zero-order valence-electron chi connectivity index (χ0n) is 11.3. The molecule has 0 aliphatic heterocycles. The van der Waals surface area contributed by atoms with E-state index in [1.54, 1.807) is 0 Å². The van der Waals surface area contributed by atoms with Crippen molar-refractivity contribution in [2.75, 3.05) is 7.05 Å². The maximum atomic E-state index is 3.50. The number of hydrogen-bond donors (Lipinski definition) is 1. The molecule has 0 heterocycles. The van der Waals surface area contributed by atoms with Gasteiger partial charge in [0, 0.05) is 10.5 Å². The summed E-state index contributed by atoms with van der Waals surface area (Å²) < 4.78 is 1.14. The molecule has 1 aromatic rings. The van der Waals surface area contributed by atoms with E-state index < -0.39 is 0 Å². The molecule has 0 spiro atoms. The molecule has 2 rings (SSSR count). The van der Waals surface area contributed by atoms with E-state index in [0.29, 0.717) is 22.8 Å². The van der Waals surface area contributed by atoms with Gasteiger partial charge in [0.2, 0.25) is 0 Å². The molecule has 94 valence electrons. The zero-order valence-corrected chi connectivity index (χ0v) is 12.9. The van der Waals surface area contributed by atoms with Gasteiger partial charge in [-0.15, -0.1) is 0 Å². The van der Waals surface area contributed by atoms with Crippen molar-refractivity contribution < 1.29 is 0 Å². The fourth-order valence-electron chi connectivity index (χ4n) is 3.28. The van der Waals surface area contributed by atoms with Crippen LogP contribution in [0.3, 0.4) is 0 Å². The Morgan fingerprint density at radius 3 is 1.88 bits per heavy atom. The average Bonchev–Trinajstić information content (AvgIpc) is 2.65. The largest absolute Gasteiger partial charge is 0.313 e. The van der Waals surface area contributed by atoms with E-state index in [0.717, 1.165) is 4.47 Å². The van der Waals surface area contributed by atoms with Crippen LogP contribution in [0.1, 0.15) is 39.3 Å². The zero-order chi connectivity index (χ0) is 12.8. The molecule has 0 radical (unpaired) electrons. The lowest BCUT2D eigenvalue weighted by atomic mass is 9.97. The van der Waals surface area contributed by atoms with Crippen molar-refractivity contribution in [2.45, 2.75) is 33.7 Å². The second-order valence-electron chi connectivity index (χ2n) is 6.24. The first-order valence-electron chi connectivity index (χ1n) is 6.25. The summed E-state index contributed by atoms with van der Waals surface area (Å²) in [6.07, 6.45) is 0. The predicted molar refractivity (Wildman–Crippen MR) is 77.0 cm³/mol. The van der Waals surface area contributed by atoms with Crippen molar-refractivity contribution in [3.8, 4) is 0 Å². The molecule has 1 fully saturated rings. The summed E-state index contributed by atoms with van der Waals surface area (Å²) >= 11 is 3.49. The molecule has 17 heavy (non-hydrogen) atoms. The Balaban J connectivity index is 2.28. The lowest BCUT2D eigenvalue weighted by molar-refractivity contribution is 0.438. The van der Waals surface area contributed by atoms with Gasteiger partial charge in [0.15, 0.2) is 0 Å².